The number of piperidine rings is 1. The SMILES string of the molecule is CC1CC(C)CC(OC2CC3CCC(C2)N3)C1. The van der Waals surface area contributed by atoms with Gasteiger partial charge in [-0.1, -0.05) is 13.8 Å². The first kappa shape index (κ1) is 12.0. The van der Waals surface area contributed by atoms with Gasteiger partial charge in [0.1, 0.15) is 0 Å². The Hall–Kier alpha value is -0.0800. The van der Waals surface area contributed by atoms with E-state index in [0.717, 1.165) is 23.9 Å². The van der Waals surface area contributed by atoms with Gasteiger partial charge in [0.05, 0.1) is 12.2 Å². The molecule has 3 fully saturated rings. The highest BCUT2D eigenvalue weighted by Crippen LogP contribution is 2.34. The molecule has 3 aliphatic rings. The van der Waals surface area contributed by atoms with E-state index < -0.39 is 0 Å². The van der Waals surface area contributed by atoms with Crippen molar-refractivity contribution < 1.29 is 4.74 Å². The van der Waals surface area contributed by atoms with Gasteiger partial charge in [-0.05, 0) is 56.8 Å². The fourth-order valence-corrected chi connectivity index (χ4v) is 4.37. The zero-order valence-corrected chi connectivity index (χ0v) is 11.3. The molecule has 2 heteroatoms. The van der Waals surface area contributed by atoms with Crippen LogP contribution in [0, 0.1) is 11.8 Å². The second kappa shape index (κ2) is 4.89. The molecule has 2 aliphatic heterocycles. The lowest BCUT2D eigenvalue weighted by Crippen LogP contribution is -2.43. The van der Waals surface area contributed by atoms with Gasteiger partial charge in [0.15, 0.2) is 0 Å². The molecule has 0 aromatic carbocycles. The van der Waals surface area contributed by atoms with E-state index in [4.69, 9.17) is 4.74 Å². The summed E-state index contributed by atoms with van der Waals surface area (Å²) < 4.78 is 6.41. The molecule has 0 aromatic rings. The van der Waals surface area contributed by atoms with E-state index in [9.17, 15) is 0 Å². The molecule has 3 rings (SSSR count). The lowest BCUT2D eigenvalue weighted by Gasteiger charge is -2.36. The Morgan fingerprint density at radius 2 is 1.29 bits per heavy atom. The maximum Gasteiger partial charge on any atom is 0.0608 e. The normalized spacial score (nSPS) is 50.5. The Bertz CT molecular complexity index is 246. The standard InChI is InChI=1S/C15H27NO/c1-10-5-11(2)7-14(6-10)17-15-8-12-3-4-13(9-15)16-12/h10-16H,3-9H2,1-2H3. The molecule has 0 radical (unpaired) electrons. The minimum absolute atomic E-state index is 0.552. The predicted octanol–water partition coefficient (Wildman–Crippen LogP) is 3.11. The summed E-state index contributed by atoms with van der Waals surface area (Å²) in [5.41, 5.74) is 0. The molecule has 4 unspecified atom stereocenters. The molecular weight excluding hydrogens is 210 g/mol. The summed E-state index contributed by atoms with van der Waals surface area (Å²) in [6.07, 6.45) is 10.4. The van der Waals surface area contributed by atoms with Crippen LogP contribution in [0.15, 0.2) is 0 Å². The van der Waals surface area contributed by atoms with E-state index in [1.165, 1.54) is 44.9 Å². The molecule has 0 spiro atoms. The van der Waals surface area contributed by atoms with Crippen LogP contribution in [0.2, 0.25) is 0 Å². The Kier molecular flexibility index (Phi) is 3.45. The lowest BCUT2D eigenvalue weighted by atomic mass is 9.81. The number of fused-ring (bicyclic) bond motifs is 2. The molecule has 1 saturated carbocycles. The van der Waals surface area contributed by atoms with Crippen molar-refractivity contribution in [1.82, 2.24) is 5.32 Å². The van der Waals surface area contributed by atoms with Crippen molar-refractivity contribution >= 4 is 0 Å². The fraction of sp³-hybridized carbons (Fsp3) is 1.00. The van der Waals surface area contributed by atoms with Crippen molar-refractivity contribution in [3.05, 3.63) is 0 Å². The van der Waals surface area contributed by atoms with Gasteiger partial charge in [0.25, 0.3) is 0 Å². The van der Waals surface area contributed by atoms with E-state index in [1.807, 2.05) is 0 Å². The van der Waals surface area contributed by atoms with Crippen molar-refractivity contribution in [3.63, 3.8) is 0 Å². The summed E-state index contributed by atoms with van der Waals surface area (Å²) in [5.74, 6) is 1.73. The zero-order valence-electron chi connectivity index (χ0n) is 11.3. The molecule has 0 amide bonds. The highest BCUT2D eigenvalue weighted by Gasteiger charge is 2.36. The van der Waals surface area contributed by atoms with Gasteiger partial charge in [-0.3, -0.25) is 0 Å². The first-order valence-corrected chi connectivity index (χ1v) is 7.60. The zero-order chi connectivity index (χ0) is 11.8. The maximum atomic E-state index is 6.41. The van der Waals surface area contributed by atoms with Gasteiger partial charge < -0.3 is 10.1 Å². The number of rotatable bonds is 2. The smallest absolute Gasteiger partial charge is 0.0608 e. The molecule has 98 valence electrons. The van der Waals surface area contributed by atoms with Crippen LogP contribution in [0.1, 0.15) is 58.8 Å². The van der Waals surface area contributed by atoms with Crippen LogP contribution < -0.4 is 5.32 Å². The monoisotopic (exact) mass is 237 g/mol. The highest BCUT2D eigenvalue weighted by atomic mass is 16.5. The summed E-state index contributed by atoms with van der Waals surface area (Å²) >= 11 is 0. The molecule has 2 bridgehead atoms. The van der Waals surface area contributed by atoms with Gasteiger partial charge in [0.2, 0.25) is 0 Å². The summed E-state index contributed by atoms with van der Waals surface area (Å²) in [6.45, 7) is 4.77. The third-order valence-electron chi connectivity index (χ3n) is 4.95. The van der Waals surface area contributed by atoms with Crippen LogP contribution in [0.4, 0.5) is 0 Å². The third kappa shape index (κ3) is 2.85. The van der Waals surface area contributed by atoms with E-state index >= 15 is 0 Å². The van der Waals surface area contributed by atoms with Crippen molar-refractivity contribution in [2.45, 2.75) is 83.1 Å². The van der Waals surface area contributed by atoms with Crippen LogP contribution in [0.3, 0.4) is 0 Å². The number of nitrogens with one attached hydrogen (secondary N) is 1. The molecule has 2 saturated heterocycles. The molecule has 17 heavy (non-hydrogen) atoms. The summed E-state index contributed by atoms with van der Waals surface area (Å²) in [7, 11) is 0. The van der Waals surface area contributed by atoms with Gasteiger partial charge in [0, 0.05) is 12.1 Å². The highest BCUT2D eigenvalue weighted by molar-refractivity contribution is 4.93. The van der Waals surface area contributed by atoms with Crippen molar-refractivity contribution in [2.24, 2.45) is 11.8 Å². The predicted molar refractivity (Wildman–Crippen MR) is 70.0 cm³/mol. The first-order valence-electron chi connectivity index (χ1n) is 7.60. The number of hydrogen-bond donors (Lipinski definition) is 1. The van der Waals surface area contributed by atoms with Crippen LogP contribution in [-0.2, 0) is 4.74 Å². The largest absolute Gasteiger partial charge is 0.375 e. The Balaban J connectivity index is 1.52. The quantitative estimate of drug-likeness (QED) is 0.797. The van der Waals surface area contributed by atoms with Crippen molar-refractivity contribution in [3.8, 4) is 0 Å². The Morgan fingerprint density at radius 3 is 1.88 bits per heavy atom. The third-order valence-corrected chi connectivity index (χ3v) is 4.95. The Labute approximate surface area is 105 Å². The van der Waals surface area contributed by atoms with Gasteiger partial charge in [-0.25, -0.2) is 0 Å². The molecule has 1 N–H and O–H groups in total. The molecule has 1 aliphatic carbocycles. The topological polar surface area (TPSA) is 21.3 Å². The Morgan fingerprint density at radius 1 is 0.765 bits per heavy atom. The van der Waals surface area contributed by atoms with E-state index in [2.05, 4.69) is 19.2 Å². The average molecular weight is 237 g/mol. The van der Waals surface area contributed by atoms with Gasteiger partial charge in [-0.15, -0.1) is 0 Å². The average Bonchev–Trinajstić information content (AvgIpc) is 2.56. The number of hydrogen-bond acceptors (Lipinski definition) is 2. The van der Waals surface area contributed by atoms with Crippen LogP contribution in [0.5, 0.6) is 0 Å². The summed E-state index contributed by atoms with van der Waals surface area (Å²) in [6, 6.07) is 1.52. The van der Waals surface area contributed by atoms with Crippen LogP contribution in [-0.4, -0.2) is 24.3 Å². The first-order chi connectivity index (χ1) is 8.19. The lowest BCUT2D eigenvalue weighted by molar-refractivity contribution is -0.0657. The minimum Gasteiger partial charge on any atom is -0.375 e. The summed E-state index contributed by atoms with van der Waals surface area (Å²) in [4.78, 5) is 0. The van der Waals surface area contributed by atoms with Crippen LogP contribution >= 0.6 is 0 Å². The van der Waals surface area contributed by atoms with E-state index in [-0.39, 0.29) is 0 Å². The molecule has 0 aromatic heterocycles. The second-order valence-corrected chi connectivity index (χ2v) is 6.91. The number of ether oxygens (including phenoxy) is 1. The minimum atomic E-state index is 0.552. The maximum absolute atomic E-state index is 6.41. The molecule has 2 nitrogen and oxygen atoms in total. The van der Waals surface area contributed by atoms with Gasteiger partial charge in [-0.2, -0.15) is 0 Å². The van der Waals surface area contributed by atoms with Gasteiger partial charge >= 0.3 is 0 Å². The molecule has 4 atom stereocenters. The molecular formula is C15H27NO. The van der Waals surface area contributed by atoms with Crippen LogP contribution in [0.25, 0.3) is 0 Å². The van der Waals surface area contributed by atoms with Crippen molar-refractivity contribution in [1.29, 1.82) is 0 Å². The molecule has 2 heterocycles. The second-order valence-electron chi connectivity index (χ2n) is 6.91. The van der Waals surface area contributed by atoms with Crippen molar-refractivity contribution in [2.75, 3.05) is 0 Å². The van der Waals surface area contributed by atoms with E-state index in [0.29, 0.717) is 12.2 Å². The summed E-state index contributed by atoms with van der Waals surface area (Å²) in [5, 5.41) is 3.70. The van der Waals surface area contributed by atoms with E-state index in [1.54, 1.807) is 0 Å². The fourth-order valence-electron chi connectivity index (χ4n) is 4.37.